The maximum atomic E-state index is 12.1. The van der Waals surface area contributed by atoms with Gasteiger partial charge in [-0.3, -0.25) is 4.79 Å². The molecule has 5 nitrogen and oxygen atoms in total. The van der Waals surface area contributed by atoms with E-state index in [1.165, 1.54) is 11.6 Å². The third-order valence-electron chi connectivity index (χ3n) is 3.97. The van der Waals surface area contributed by atoms with Crippen molar-refractivity contribution in [3.05, 3.63) is 84.6 Å². The molecule has 1 N–H and O–H groups in total. The first-order valence-corrected chi connectivity index (χ1v) is 8.26. The highest BCUT2D eigenvalue weighted by Crippen LogP contribution is 2.23. The van der Waals surface area contributed by atoms with Crippen LogP contribution in [0.25, 0.3) is 23.0 Å². The van der Waals surface area contributed by atoms with Crippen molar-refractivity contribution in [1.82, 2.24) is 9.38 Å². The van der Waals surface area contributed by atoms with Gasteiger partial charge in [0.1, 0.15) is 11.4 Å². The maximum Gasteiger partial charge on any atom is 0.248 e. The van der Waals surface area contributed by atoms with Crippen molar-refractivity contribution in [3.63, 3.8) is 0 Å². The van der Waals surface area contributed by atoms with Gasteiger partial charge in [-0.15, -0.1) is 0 Å². The van der Waals surface area contributed by atoms with Gasteiger partial charge in [0.2, 0.25) is 5.91 Å². The molecule has 0 aliphatic carbocycles. The van der Waals surface area contributed by atoms with Crippen LogP contribution in [0.3, 0.4) is 0 Å². The lowest BCUT2D eigenvalue weighted by Crippen LogP contribution is -2.07. The van der Waals surface area contributed by atoms with Crippen LogP contribution < -0.4 is 5.32 Å². The van der Waals surface area contributed by atoms with Gasteiger partial charge in [0.25, 0.3) is 0 Å². The van der Waals surface area contributed by atoms with Crippen LogP contribution in [0.5, 0.6) is 0 Å². The molecule has 0 unspecified atom stereocenters. The lowest BCUT2D eigenvalue weighted by atomic mass is 10.1. The molecule has 3 heterocycles. The predicted octanol–water partition coefficient (Wildman–Crippen LogP) is 4.55. The quantitative estimate of drug-likeness (QED) is 0.553. The van der Waals surface area contributed by atoms with Gasteiger partial charge in [0.05, 0.1) is 12.0 Å². The summed E-state index contributed by atoms with van der Waals surface area (Å²) in [7, 11) is 0. The van der Waals surface area contributed by atoms with E-state index < -0.39 is 0 Å². The van der Waals surface area contributed by atoms with E-state index in [9.17, 15) is 4.79 Å². The van der Waals surface area contributed by atoms with Crippen LogP contribution in [0.1, 0.15) is 11.3 Å². The molecule has 5 heteroatoms. The van der Waals surface area contributed by atoms with Crippen LogP contribution >= 0.6 is 0 Å². The Labute approximate surface area is 150 Å². The molecule has 4 aromatic rings. The number of rotatable bonds is 4. The topological polar surface area (TPSA) is 59.5 Å². The fourth-order valence-electron chi connectivity index (χ4n) is 2.73. The van der Waals surface area contributed by atoms with Crippen LogP contribution in [0, 0.1) is 6.92 Å². The van der Waals surface area contributed by atoms with E-state index in [1.54, 1.807) is 24.5 Å². The molecule has 0 radical (unpaired) electrons. The van der Waals surface area contributed by atoms with Crippen molar-refractivity contribution < 1.29 is 9.21 Å². The number of hydrogen-bond donors (Lipinski definition) is 1. The van der Waals surface area contributed by atoms with Gasteiger partial charge in [0, 0.05) is 29.7 Å². The van der Waals surface area contributed by atoms with Crippen LogP contribution in [0.4, 0.5) is 5.69 Å². The van der Waals surface area contributed by atoms with Crippen molar-refractivity contribution in [3.8, 4) is 11.3 Å². The summed E-state index contributed by atoms with van der Waals surface area (Å²) in [5, 5.41) is 2.86. The van der Waals surface area contributed by atoms with Crippen molar-refractivity contribution >= 4 is 23.3 Å². The Hall–Kier alpha value is -3.60. The zero-order valence-corrected chi connectivity index (χ0v) is 14.2. The van der Waals surface area contributed by atoms with Gasteiger partial charge in [0.15, 0.2) is 0 Å². The smallest absolute Gasteiger partial charge is 0.248 e. The molecule has 1 amide bonds. The van der Waals surface area contributed by atoms with Crippen LogP contribution in [0.15, 0.2) is 77.7 Å². The molecule has 26 heavy (non-hydrogen) atoms. The minimum atomic E-state index is -0.218. The Bertz CT molecular complexity index is 1090. The molecule has 128 valence electrons. The average Bonchev–Trinajstić information content (AvgIpc) is 3.29. The Morgan fingerprint density at radius 1 is 1.15 bits per heavy atom. The molecular weight excluding hydrogens is 326 g/mol. The molecule has 1 aromatic carbocycles. The van der Waals surface area contributed by atoms with Crippen molar-refractivity contribution in [2.75, 3.05) is 5.32 Å². The van der Waals surface area contributed by atoms with Gasteiger partial charge >= 0.3 is 0 Å². The fraction of sp³-hybridized carbons (Fsp3) is 0.0476. The second-order valence-corrected chi connectivity index (χ2v) is 6.02. The number of benzene rings is 1. The third kappa shape index (κ3) is 3.42. The van der Waals surface area contributed by atoms with Crippen LogP contribution in [0.2, 0.25) is 0 Å². The summed E-state index contributed by atoms with van der Waals surface area (Å²) >= 11 is 0. The minimum Gasteiger partial charge on any atom is -0.465 e. The summed E-state index contributed by atoms with van der Waals surface area (Å²) in [6, 6.07) is 15.2. The monoisotopic (exact) mass is 343 g/mol. The van der Waals surface area contributed by atoms with E-state index in [1.807, 2.05) is 60.1 Å². The molecule has 0 spiro atoms. The van der Waals surface area contributed by atoms with Crippen molar-refractivity contribution in [1.29, 1.82) is 0 Å². The highest BCUT2D eigenvalue weighted by molar-refractivity contribution is 6.02. The number of nitrogens with zero attached hydrogens (tertiary/aromatic N) is 2. The normalized spacial score (nSPS) is 11.3. The number of pyridine rings is 1. The number of aromatic nitrogens is 2. The summed E-state index contributed by atoms with van der Waals surface area (Å²) in [5.41, 5.74) is 4.58. The lowest BCUT2D eigenvalue weighted by Gasteiger charge is -2.04. The number of aryl methyl sites for hydroxylation is 1. The number of anilines is 1. The van der Waals surface area contributed by atoms with Gasteiger partial charge in [-0.25, -0.2) is 4.98 Å². The van der Waals surface area contributed by atoms with E-state index in [4.69, 9.17) is 4.42 Å². The molecule has 0 fully saturated rings. The molecular formula is C21H17N3O2. The first-order chi connectivity index (χ1) is 12.7. The number of carbonyl (C=O) groups excluding carboxylic acids is 1. The largest absolute Gasteiger partial charge is 0.465 e. The Balaban J connectivity index is 1.54. The number of amides is 1. The molecule has 0 bridgehead atoms. The van der Waals surface area contributed by atoms with E-state index in [-0.39, 0.29) is 5.91 Å². The van der Waals surface area contributed by atoms with E-state index in [0.29, 0.717) is 11.4 Å². The Kier molecular flexibility index (Phi) is 4.11. The van der Waals surface area contributed by atoms with Gasteiger partial charge in [-0.2, -0.15) is 0 Å². The van der Waals surface area contributed by atoms with E-state index in [2.05, 4.69) is 10.3 Å². The number of furan rings is 1. The molecule has 4 rings (SSSR count). The average molecular weight is 343 g/mol. The first-order valence-electron chi connectivity index (χ1n) is 8.26. The molecule has 3 aromatic heterocycles. The number of imidazole rings is 1. The maximum absolute atomic E-state index is 12.1. The van der Waals surface area contributed by atoms with Gasteiger partial charge in [-0.1, -0.05) is 18.2 Å². The third-order valence-corrected chi connectivity index (χ3v) is 3.97. The van der Waals surface area contributed by atoms with Crippen LogP contribution in [-0.4, -0.2) is 15.3 Å². The Morgan fingerprint density at radius 3 is 2.92 bits per heavy atom. The van der Waals surface area contributed by atoms with Crippen molar-refractivity contribution in [2.45, 2.75) is 6.92 Å². The highest BCUT2D eigenvalue weighted by atomic mass is 16.3. The number of fused-ring (bicyclic) bond motifs is 1. The molecule has 0 aliphatic rings. The lowest BCUT2D eigenvalue weighted by molar-refractivity contribution is -0.111. The number of nitrogens with one attached hydrogen (secondary N) is 1. The van der Waals surface area contributed by atoms with Crippen molar-refractivity contribution in [2.24, 2.45) is 0 Å². The summed E-state index contributed by atoms with van der Waals surface area (Å²) in [5.74, 6) is 0.415. The predicted molar refractivity (Wildman–Crippen MR) is 102 cm³/mol. The standard InChI is InChI=1S/C21H17N3O2/c1-15-7-9-20-23-19(14-24(20)13-15)16-4-2-5-17(12-16)22-21(25)10-8-18-6-3-11-26-18/h2-14H,1H3,(H,22,25)/b10-8+. The zero-order valence-electron chi connectivity index (χ0n) is 14.2. The molecule has 0 saturated heterocycles. The highest BCUT2D eigenvalue weighted by Gasteiger charge is 2.06. The SMILES string of the molecule is Cc1ccc2nc(-c3cccc(NC(=O)/C=C/c4ccco4)c3)cn2c1. The van der Waals surface area contributed by atoms with E-state index in [0.717, 1.165) is 16.9 Å². The molecule has 0 saturated carbocycles. The summed E-state index contributed by atoms with van der Waals surface area (Å²) in [6.07, 6.45) is 8.66. The summed E-state index contributed by atoms with van der Waals surface area (Å²) in [4.78, 5) is 16.7. The Morgan fingerprint density at radius 2 is 2.08 bits per heavy atom. The fourth-order valence-corrected chi connectivity index (χ4v) is 2.73. The molecule has 0 aliphatic heterocycles. The summed E-state index contributed by atoms with van der Waals surface area (Å²) < 4.78 is 7.17. The second kappa shape index (κ2) is 6.72. The number of carbonyl (C=O) groups is 1. The van der Waals surface area contributed by atoms with Gasteiger partial charge < -0.3 is 14.1 Å². The van der Waals surface area contributed by atoms with E-state index >= 15 is 0 Å². The zero-order chi connectivity index (χ0) is 17.9. The minimum absolute atomic E-state index is 0.218. The molecule has 0 atom stereocenters. The first kappa shape index (κ1) is 15.9. The number of hydrogen-bond acceptors (Lipinski definition) is 3. The second-order valence-electron chi connectivity index (χ2n) is 6.02. The summed E-state index contributed by atoms with van der Waals surface area (Å²) in [6.45, 7) is 2.05. The van der Waals surface area contributed by atoms with Gasteiger partial charge in [-0.05, 0) is 48.9 Å². The van der Waals surface area contributed by atoms with Crippen LogP contribution in [-0.2, 0) is 4.79 Å².